The van der Waals surface area contributed by atoms with Crippen LogP contribution in [0.1, 0.15) is 25.7 Å². The number of benzene rings is 1. The summed E-state index contributed by atoms with van der Waals surface area (Å²) in [6, 6.07) is 5.09. The molecule has 0 aliphatic heterocycles. The van der Waals surface area contributed by atoms with Crippen molar-refractivity contribution >= 4 is 21.6 Å². The monoisotopic (exact) mass is 312 g/mol. The second kappa shape index (κ2) is 5.48. The molecule has 0 radical (unpaired) electrons. The lowest BCUT2D eigenvalue weighted by molar-refractivity contribution is 0.508. The van der Waals surface area contributed by atoms with Crippen LogP contribution in [0.15, 0.2) is 29.0 Å². The van der Waals surface area contributed by atoms with Crippen molar-refractivity contribution in [1.29, 1.82) is 0 Å². The number of nitrogens with zero attached hydrogens (tertiary/aromatic N) is 3. The van der Waals surface area contributed by atoms with Crippen molar-refractivity contribution in [3.05, 3.63) is 40.6 Å². The van der Waals surface area contributed by atoms with Crippen molar-refractivity contribution in [2.45, 2.75) is 26.4 Å². The average Bonchev–Trinajstić information content (AvgIpc) is 2.76. The highest BCUT2D eigenvalue weighted by Gasteiger charge is 2.10. The third-order valence-corrected chi connectivity index (χ3v) is 3.18. The molecule has 1 N–H and O–H groups in total. The lowest BCUT2D eigenvalue weighted by Crippen LogP contribution is -2.12. The largest absolute Gasteiger partial charge is 0.374 e. The molecule has 1 heterocycles. The van der Waals surface area contributed by atoms with Gasteiger partial charge in [-0.15, -0.1) is 0 Å². The maximum atomic E-state index is 13.6. The maximum Gasteiger partial charge on any atom is 0.147 e. The van der Waals surface area contributed by atoms with Gasteiger partial charge in [-0.3, -0.25) is 0 Å². The summed E-state index contributed by atoms with van der Waals surface area (Å²) >= 11 is 3.31. The fraction of sp³-hybridized carbons (Fsp3) is 0.333. The van der Waals surface area contributed by atoms with Crippen LogP contribution in [0.25, 0.3) is 0 Å². The zero-order valence-electron chi connectivity index (χ0n) is 10.2. The molecule has 18 heavy (non-hydrogen) atoms. The average molecular weight is 313 g/mol. The Kier molecular flexibility index (Phi) is 3.96. The van der Waals surface area contributed by atoms with Gasteiger partial charge >= 0.3 is 0 Å². The van der Waals surface area contributed by atoms with E-state index in [-0.39, 0.29) is 11.9 Å². The smallest absolute Gasteiger partial charge is 0.147 e. The molecule has 1 aromatic heterocycles. The molecule has 0 aliphatic carbocycles. The first-order chi connectivity index (χ1) is 8.59. The summed E-state index contributed by atoms with van der Waals surface area (Å²) in [6.07, 6.45) is 1.51. The molecule has 4 nitrogen and oxygen atoms in total. The highest BCUT2D eigenvalue weighted by atomic mass is 79.9. The van der Waals surface area contributed by atoms with E-state index in [9.17, 15) is 4.39 Å². The lowest BCUT2D eigenvalue weighted by Gasteiger charge is -2.12. The van der Waals surface area contributed by atoms with Crippen LogP contribution in [0.4, 0.5) is 10.1 Å². The third kappa shape index (κ3) is 2.69. The van der Waals surface area contributed by atoms with Gasteiger partial charge in [0, 0.05) is 10.5 Å². The first-order valence-electron chi connectivity index (χ1n) is 5.66. The van der Waals surface area contributed by atoms with E-state index >= 15 is 0 Å². The van der Waals surface area contributed by atoms with Crippen molar-refractivity contribution in [2.24, 2.45) is 0 Å². The van der Waals surface area contributed by atoms with Crippen LogP contribution in [0.2, 0.25) is 0 Å². The Bertz CT molecular complexity index is 518. The fourth-order valence-corrected chi connectivity index (χ4v) is 2.15. The van der Waals surface area contributed by atoms with Gasteiger partial charge in [-0.1, -0.05) is 6.07 Å². The summed E-state index contributed by atoms with van der Waals surface area (Å²) in [6.45, 7) is 4.48. The molecular formula is C12H14BrFN4. The number of aromatic nitrogens is 3. The van der Waals surface area contributed by atoms with Crippen molar-refractivity contribution in [1.82, 2.24) is 14.8 Å². The quantitative estimate of drug-likeness (QED) is 0.941. The molecule has 0 aliphatic rings. The standard InChI is InChI=1S/C12H14BrFN4/c1-8(2)18-11(16-7-17-18)6-15-12-9(13)4-3-5-10(12)14/h3-5,7-8,15H,6H2,1-2H3. The molecular weight excluding hydrogens is 299 g/mol. The summed E-state index contributed by atoms with van der Waals surface area (Å²) in [7, 11) is 0. The first-order valence-corrected chi connectivity index (χ1v) is 6.45. The summed E-state index contributed by atoms with van der Waals surface area (Å²) in [5.74, 6) is 0.486. The Morgan fingerprint density at radius 2 is 2.22 bits per heavy atom. The van der Waals surface area contributed by atoms with Crippen LogP contribution < -0.4 is 5.32 Å². The molecule has 1 aromatic carbocycles. The van der Waals surface area contributed by atoms with Gasteiger partial charge in [-0.25, -0.2) is 14.1 Å². The second-order valence-electron chi connectivity index (χ2n) is 4.16. The molecule has 6 heteroatoms. The van der Waals surface area contributed by atoms with Gasteiger partial charge in [-0.05, 0) is 41.9 Å². The summed E-state index contributed by atoms with van der Waals surface area (Å²) in [5, 5.41) is 7.17. The zero-order chi connectivity index (χ0) is 13.1. The van der Waals surface area contributed by atoms with E-state index in [0.29, 0.717) is 16.7 Å². The summed E-state index contributed by atoms with van der Waals surface area (Å²) in [4.78, 5) is 4.16. The van der Waals surface area contributed by atoms with E-state index < -0.39 is 0 Å². The Balaban J connectivity index is 2.14. The van der Waals surface area contributed by atoms with Crippen LogP contribution in [-0.2, 0) is 6.54 Å². The molecule has 0 atom stereocenters. The third-order valence-electron chi connectivity index (χ3n) is 2.52. The van der Waals surface area contributed by atoms with Crippen molar-refractivity contribution < 1.29 is 4.39 Å². The minimum atomic E-state index is -0.292. The molecule has 2 aromatic rings. The highest BCUT2D eigenvalue weighted by Crippen LogP contribution is 2.25. The number of rotatable bonds is 4. The number of nitrogens with one attached hydrogen (secondary N) is 1. The topological polar surface area (TPSA) is 42.7 Å². The number of anilines is 1. The minimum absolute atomic E-state index is 0.230. The number of halogens is 2. The van der Waals surface area contributed by atoms with E-state index in [0.717, 1.165) is 5.82 Å². The normalized spacial score (nSPS) is 10.9. The first kappa shape index (κ1) is 13.0. The molecule has 2 rings (SSSR count). The van der Waals surface area contributed by atoms with Crippen LogP contribution in [0.5, 0.6) is 0 Å². The van der Waals surface area contributed by atoms with Crippen LogP contribution >= 0.6 is 15.9 Å². The predicted octanol–water partition coefficient (Wildman–Crippen LogP) is 3.37. The molecule has 0 unspecified atom stereocenters. The van der Waals surface area contributed by atoms with E-state index in [4.69, 9.17) is 0 Å². The second-order valence-corrected chi connectivity index (χ2v) is 5.02. The van der Waals surface area contributed by atoms with E-state index in [1.165, 1.54) is 12.4 Å². The van der Waals surface area contributed by atoms with Gasteiger partial charge in [0.05, 0.1) is 12.2 Å². The maximum absolute atomic E-state index is 13.6. The summed E-state index contributed by atoms with van der Waals surface area (Å²) in [5.41, 5.74) is 0.441. The predicted molar refractivity (Wildman–Crippen MR) is 71.8 cm³/mol. The number of para-hydroxylation sites is 1. The van der Waals surface area contributed by atoms with Crippen molar-refractivity contribution in [3.8, 4) is 0 Å². The molecule has 0 amide bonds. The van der Waals surface area contributed by atoms with Crippen molar-refractivity contribution in [3.63, 3.8) is 0 Å². The summed E-state index contributed by atoms with van der Waals surface area (Å²) < 4.78 is 16.1. The molecule has 0 saturated heterocycles. The van der Waals surface area contributed by atoms with E-state index in [1.807, 2.05) is 18.5 Å². The van der Waals surface area contributed by atoms with E-state index in [2.05, 4.69) is 31.3 Å². The molecule has 0 fully saturated rings. The van der Waals surface area contributed by atoms with Gasteiger partial charge in [-0.2, -0.15) is 5.10 Å². The number of hydrogen-bond acceptors (Lipinski definition) is 3. The van der Waals surface area contributed by atoms with Gasteiger partial charge in [0.1, 0.15) is 18.0 Å². The van der Waals surface area contributed by atoms with Crippen LogP contribution in [0.3, 0.4) is 0 Å². The molecule has 0 bridgehead atoms. The van der Waals surface area contributed by atoms with E-state index in [1.54, 1.807) is 12.1 Å². The zero-order valence-corrected chi connectivity index (χ0v) is 11.8. The lowest BCUT2D eigenvalue weighted by atomic mass is 10.3. The molecule has 0 saturated carbocycles. The van der Waals surface area contributed by atoms with Gasteiger partial charge in [0.15, 0.2) is 0 Å². The fourth-order valence-electron chi connectivity index (χ4n) is 1.67. The Hall–Kier alpha value is -1.43. The van der Waals surface area contributed by atoms with Crippen molar-refractivity contribution in [2.75, 3.05) is 5.32 Å². The van der Waals surface area contributed by atoms with Gasteiger partial charge < -0.3 is 5.32 Å². The minimum Gasteiger partial charge on any atom is -0.374 e. The molecule has 96 valence electrons. The SMILES string of the molecule is CC(C)n1ncnc1CNc1c(F)cccc1Br. The highest BCUT2D eigenvalue weighted by molar-refractivity contribution is 9.10. The Labute approximate surface area is 113 Å². The number of hydrogen-bond donors (Lipinski definition) is 1. The van der Waals surface area contributed by atoms with Gasteiger partial charge in [0.2, 0.25) is 0 Å². The van der Waals surface area contributed by atoms with Crippen LogP contribution in [0, 0.1) is 5.82 Å². The Morgan fingerprint density at radius 3 is 2.89 bits per heavy atom. The Morgan fingerprint density at radius 1 is 1.44 bits per heavy atom. The van der Waals surface area contributed by atoms with Gasteiger partial charge in [0.25, 0.3) is 0 Å². The van der Waals surface area contributed by atoms with Crippen LogP contribution in [-0.4, -0.2) is 14.8 Å². The molecule has 0 spiro atoms.